The molecule has 4 fully saturated rings. The summed E-state index contributed by atoms with van der Waals surface area (Å²) in [6.45, 7) is 17.9. The van der Waals surface area contributed by atoms with Crippen molar-refractivity contribution in [3.63, 3.8) is 0 Å². The molecule has 3 saturated carbocycles. The van der Waals surface area contributed by atoms with E-state index in [1.54, 1.807) is 5.57 Å². The number of ether oxygens (including phenoxy) is 1. The highest BCUT2D eigenvalue weighted by molar-refractivity contribution is 5.85. The largest absolute Gasteiger partial charge is 0.388 e. The molecular weight excluding hydrogens is 424 g/mol. The van der Waals surface area contributed by atoms with E-state index in [9.17, 15) is 15.0 Å². The zero-order chi connectivity index (χ0) is 25.1. The monoisotopic (exact) mass is 472 g/mol. The number of Topliss-reactive ketones (excluding diaryl/α,β-unsaturated/α-hetero) is 1. The fourth-order valence-electron chi connectivity index (χ4n) is 10.1. The van der Waals surface area contributed by atoms with Gasteiger partial charge in [-0.05, 0) is 92.3 Å². The highest BCUT2D eigenvalue weighted by Gasteiger charge is 2.66. The van der Waals surface area contributed by atoms with Crippen LogP contribution in [0.2, 0.25) is 0 Å². The number of rotatable bonds is 2. The van der Waals surface area contributed by atoms with Gasteiger partial charge in [0, 0.05) is 11.8 Å². The van der Waals surface area contributed by atoms with Crippen LogP contribution < -0.4 is 0 Å². The average Bonchev–Trinajstić information content (AvgIpc) is 3.15. The summed E-state index contributed by atoms with van der Waals surface area (Å²) in [6, 6.07) is 0. The maximum Gasteiger partial charge on any atom is 0.138 e. The first kappa shape index (κ1) is 25.0. The lowest BCUT2D eigenvalue weighted by molar-refractivity contribution is -0.146. The molecule has 4 nitrogen and oxygen atoms in total. The number of allylic oxidation sites excluding steroid dienone is 2. The van der Waals surface area contributed by atoms with Gasteiger partial charge < -0.3 is 14.9 Å². The third kappa shape index (κ3) is 2.97. The van der Waals surface area contributed by atoms with E-state index < -0.39 is 17.8 Å². The molecule has 1 aliphatic heterocycles. The summed E-state index contributed by atoms with van der Waals surface area (Å²) in [4.78, 5) is 12.8. The van der Waals surface area contributed by atoms with Crippen molar-refractivity contribution < 1.29 is 19.7 Å². The van der Waals surface area contributed by atoms with E-state index in [0.29, 0.717) is 23.5 Å². The fourth-order valence-corrected chi connectivity index (χ4v) is 10.1. The normalized spacial score (nSPS) is 52.4. The molecule has 5 rings (SSSR count). The minimum atomic E-state index is -0.841. The van der Waals surface area contributed by atoms with Crippen molar-refractivity contribution in [2.75, 3.05) is 0 Å². The molecule has 0 aromatic rings. The van der Waals surface area contributed by atoms with Crippen molar-refractivity contribution in [2.45, 2.75) is 124 Å². The molecule has 1 heterocycles. The first-order valence-corrected chi connectivity index (χ1v) is 13.9. The highest BCUT2D eigenvalue weighted by atomic mass is 16.6. The Labute approximate surface area is 206 Å². The zero-order valence-electron chi connectivity index (χ0n) is 22.8. The first-order valence-electron chi connectivity index (χ1n) is 13.9. The van der Waals surface area contributed by atoms with E-state index in [0.717, 1.165) is 25.7 Å². The standard InChI is InChI=1S/C30H48O4/c1-17(24-23(32)25(33)27(4,5)34-24)18-11-15-30(8)20-9-10-21-26(2,3)22(31)13-14-28(21,6)19(20)12-16-29(18,30)7/h9,17-19,21,23-25,32-33H,10-16H2,1-8H3/t17-,18+,19+,21+,23+,24?,25+,28-,29+,30-/m1/s1. The Kier molecular flexibility index (Phi) is 5.44. The van der Waals surface area contributed by atoms with E-state index in [2.05, 4.69) is 47.6 Å². The molecular formula is C30H48O4. The van der Waals surface area contributed by atoms with Gasteiger partial charge in [-0.25, -0.2) is 0 Å². The number of ketones is 1. The number of aliphatic hydroxyl groups excluding tert-OH is 2. The van der Waals surface area contributed by atoms with Crippen molar-refractivity contribution in [2.24, 2.45) is 45.3 Å². The Balaban J connectivity index is 1.47. The number of carbonyl (C=O) groups excluding carboxylic acids is 1. The van der Waals surface area contributed by atoms with Crippen LogP contribution in [0.5, 0.6) is 0 Å². The van der Waals surface area contributed by atoms with E-state index in [-0.39, 0.29) is 33.7 Å². The molecule has 0 aromatic heterocycles. The topological polar surface area (TPSA) is 66.8 Å². The Morgan fingerprint density at radius 2 is 1.68 bits per heavy atom. The van der Waals surface area contributed by atoms with Gasteiger partial charge in [-0.3, -0.25) is 4.79 Å². The number of aliphatic hydroxyl groups is 2. The van der Waals surface area contributed by atoms with Crippen molar-refractivity contribution >= 4 is 5.78 Å². The summed E-state index contributed by atoms with van der Waals surface area (Å²) in [5.74, 6) is 2.10. The van der Waals surface area contributed by atoms with Crippen LogP contribution in [0.4, 0.5) is 0 Å². The van der Waals surface area contributed by atoms with Gasteiger partial charge in [-0.1, -0.05) is 53.2 Å². The van der Waals surface area contributed by atoms with E-state index in [1.165, 1.54) is 19.3 Å². The second-order valence-electron chi connectivity index (χ2n) is 14.6. The molecule has 0 bridgehead atoms. The lowest BCUT2D eigenvalue weighted by Crippen LogP contribution is -2.57. The quantitative estimate of drug-likeness (QED) is 0.506. The summed E-state index contributed by atoms with van der Waals surface area (Å²) in [6.07, 6.45) is 8.07. The molecule has 1 unspecified atom stereocenters. The summed E-state index contributed by atoms with van der Waals surface area (Å²) in [5, 5.41) is 21.5. The van der Waals surface area contributed by atoms with Gasteiger partial charge >= 0.3 is 0 Å². The minimum Gasteiger partial charge on any atom is -0.388 e. The SMILES string of the molecule is C[C@@H](C1OC(C)(C)[C@@H](O)[C@H]1O)[C@@H]1CC[C@]2(C)C3=CC[C@H]4C(C)(C)C(=O)CC[C@]4(C)[C@H]3CC[C@@]12C. The predicted molar refractivity (Wildman–Crippen MR) is 134 cm³/mol. The number of hydrogen-bond donors (Lipinski definition) is 2. The molecule has 192 valence electrons. The van der Waals surface area contributed by atoms with Crippen LogP contribution in [0.3, 0.4) is 0 Å². The van der Waals surface area contributed by atoms with Gasteiger partial charge in [0.1, 0.15) is 18.0 Å². The van der Waals surface area contributed by atoms with Crippen LogP contribution in [0.15, 0.2) is 11.6 Å². The maximum atomic E-state index is 12.8. The molecule has 0 amide bonds. The maximum absolute atomic E-state index is 12.8. The molecule has 0 spiro atoms. The smallest absolute Gasteiger partial charge is 0.138 e. The van der Waals surface area contributed by atoms with Gasteiger partial charge in [0.2, 0.25) is 0 Å². The first-order chi connectivity index (χ1) is 15.6. The molecule has 0 aromatic carbocycles. The van der Waals surface area contributed by atoms with E-state index >= 15 is 0 Å². The fraction of sp³-hybridized carbons (Fsp3) is 0.900. The molecule has 2 N–H and O–H groups in total. The second-order valence-corrected chi connectivity index (χ2v) is 14.6. The Bertz CT molecular complexity index is 903. The molecule has 0 radical (unpaired) electrons. The molecule has 4 aliphatic carbocycles. The zero-order valence-corrected chi connectivity index (χ0v) is 22.8. The summed E-state index contributed by atoms with van der Waals surface area (Å²) in [7, 11) is 0. The van der Waals surface area contributed by atoms with Gasteiger partial charge in [-0.15, -0.1) is 0 Å². The number of hydrogen-bond acceptors (Lipinski definition) is 4. The van der Waals surface area contributed by atoms with Crippen molar-refractivity contribution in [3.8, 4) is 0 Å². The minimum absolute atomic E-state index is 0.145. The molecule has 34 heavy (non-hydrogen) atoms. The van der Waals surface area contributed by atoms with Crippen molar-refractivity contribution in [1.29, 1.82) is 0 Å². The van der Waals surface area contributed by atoms with Crippen LogP contribution in [0, 0.1) is 45.3 Å². The lowest BCUT2D eigenvalue weighted by atomic mass is 9.41. The third-order valence-electron chi connectivity index (χ3n) is 12.6. The van der Waals surface area contributed by atoms with E-state index in [4.69, 9.17) is 4.74 Å². The molecule has 5 aliphatic rings. The van der Waals surface area contributed by atoms with Crippen molar-refractivity contribution in [3.05, 3.63) is 11.6 Å². The Morgan fingerprint density at radius 1 is 1.00 bits per heavy atom. The van der Waals surface area contributed by atoms with Crippen LogP contribution >= 0.6 is 0 Å². The average molecular weight is 473 g/mol. The molecule has 1 saturated heterocycles. The number of fused-ring (bicyclic) bond motifs is 5. The van der Waals surface area contributed by atoms with Gasteiger partial charge in [0.25, 0.3) is 0 Å². The van der Waals surface area contributed by atoms with Crippen LogP contribution in [-0.4, -0.2) is 39.9 Å². The van der Waals surface area contributed by atoms with Gasteiger partial charge in [0.05, 0.1) is 11.7 Å². The summed E-state index contributed by atoms with van der Waals surface area (Å²) < 4.78 is 6.28. The van der Waals surface area contributed by atoms with Gasteiger partial charge in [-0.2, -0.15) is 0 Å². The predicted octanol–water partition coefficient (Wildman–Crippen LogP) is 5.70. The van der Waals surface area contributed by atoms with Crippen LogP contribution in [0.1, 0.15) is 100 Å². The Morgan fingerprint density at radius 3 is 2.29 bits per heavy atom. The number of carbonyl (C=O) groups is 1. The molecule has 10 atom stereocenters. The second kappa shape index (κ2) is 7.42. The van der Waals surface area contributed by atoms with E-state index in [1.807, 2.05) is 13.8 Å². The lowest BCUT2D eigenvalue weighted by Gasteiger charge is -2.63. The summed E-state index contributed by atoms with van der Waals surface area (Å²) >= 11 is 0. The summed E-state index contributed by atoms with van der Waals surface area (Å²) in [5.41, 5.74) is 1.24. The van der Waals surface area contributed by atoms with Crippen LogP contribution in [-0.2, 0) is 9.53 Å². The van der Waals surface area contributed by atoms with Crippen LogP contribution in [0.25, 0.3) is 0 Å². The third-order valence-corrected chi connectivity index (χ3v) is 12.6. The Hall–Kier alpha value is -0.710. The van der Waals surface area contributed by atoms with Crippen molar-refractivity contribution in [1.82, 2.24) is 0 Å². The van der Waals surface area contributed by atoms with Gasteiger partial charge in [0.15, 0.2) is 0 Å². The highest BCUT2D eigenvalue weighted by Crippen LogP contribution is 2.73. The molecule has 4 heteroatoms.